The maximum absolute atomic E-state index is 12.5. The van der Waals surface area contributed by atoms with Crippen LogP contribution in [0.5, 0.6) is 17.2 Å². The van der Waals surface area contributed by atoms with Gasteiger partial charge in [-0.25, -0.2) is 0 Å². The Balaban J connectivity index is 1.66. The van der Waals surface area contributed by atoms with Crippen LogP contribution in [0.15, 0.2) is 46.0 Å². The molecule has 3 rings (SSSR count). The van der Waals surface area contributed by atoms with Gasteiger partial charge in [0.15, 0.2) is 11.5 Å². The van der Waals surface area contributed by atoms with Crippen molar-refractivity contribution in [1.29, 1.82) is 0 Å². The zero-order valence-corrected chi connectivity index (χ0v) is 18.0. The van der Waals surface area contributed by atoms with Crippen molar-refractivity contribution >= 4 is 16.9 Å². The first-order valence-corrected chi connectivity index (χ1v) is 9.96. The summed E-state index contributed by atoms with van der Waals surface area (Å²) in [6.07, 6.45) is -1.00. The minimum Gasteiger partial charge on any atom is -0.493 e. The number of aliphatic hydroxyl groups excluding tert-OH is 1. The van der Waals surface area contributed by atoms with Crippen molar-refractivity contribution in [3.63, 3.8) is 0 Å². The molecular formula is C22H25N3O7. The average Bonchev–Trinajstić information content (AvgIpc) is 2.81. The van der Waals surface area contributed by atoms with Crippen molar-refractivity contribution in [2.24, 2.45) is 0 Å². The van der Waals surface area contributed by atoms with Gasteiger partial charge in [0, 0.05) is 18.7 Å². The molecule has 0 aliphatic rings. The number of carbonyl (C=O) groups is 1. The van der Waals surface area contributed by atoms with Crippen molar-refractivity contribution in [2.45, 2.75) is 19.6 Å². The van der Waals surface area contributed by atoms with Gasteiger partial charge < -0.3 is 34.2 Å². The molecule has 0 aliphatic carbocycles. The number of fused-ring (bicyclic) bond motifs is 1. The molecule has 1 heterocycles. The topological polar surface area (TPSA) is 132 Å². The maximum Gasteiger partial charge on any atom is 0.316 e. The first-order valence-electron chi connectivity index (χ1n) is 9.96. The molecule has 1 amide bonds. The van der Waals surface area contributed by atoms with E-state index in [9.17, 15) is 19.5 Å². The predicted molar refractivity (Wildman–Crippen MR) is 118 cm³/mol. The number of benzene rings is 2. The first-order chi connectivity index (χ1) is 15.4. The summed E-state index contributed by atoms with van der Waals surface area (Å²) >= 11 is 0. The molecule has 0 fully saturated rings. The maximum atomic E-state index is 12.5. The number of para-hydroxylation sites is 1. The lowest BCUT2D eigenvalue weighted by atomic mass is 10.1. The molecule has 1 atom stereocenters. The smallest absolute Gasteiger partial charge is 0.316 e. The van der Waals surface area contributed by atoms with Crippen LogP contribution in [0.3, 0.4) is 0 Å². The first kappa shape index (κ1) is 22.9. The van der Waals surface area contributed by atoms with Crippen LogP contribution in [0, 0.1) is 0 Å². The van der Waals surface area contributed by atoms with Crippen molar-refractivity contribution in [2.75, 3.05) is 27.4 Å². The molecule has 0 spiro atoms. The largest absolute Gasteiger partial charge is 0.493 e. The number of rotatable bonds is 9. The standard InChI is InChI=1S/C22H25N3O7/c1-4-25-16-9-8-13(10-15(16)24-21(28)22(25)29)20(27)23-11-14(26)12-32-19-17(30-2)6-5-7-18(19)31-3/h5-10,14,26H,4,11-12H2,1-3H3,(H,23,27)(H,24,28). The second-order valence-electron chi connectivity index (χ2n) is 6.90. The Bertz CT molecular complexity index is 1210. The Morgan fingerprint density at radius 1 is 1.16 bits per heavy atom. The minimum atomic E-state index is -1.00. The Hall–Kier alpha value is -3.79. The lowest BCUT2D eigenvalue weighted by Gasteiger charge is -2.17. The number of hydrogen-bond donors (Lipinski definition) is 3. The predicted octanol–water partition coefficient (Wildman–Crippen LogP) is 0.897. The highest BCUT2D eigenvalue weighted by atomic mass is 16.5. The molecule has 0 saturated carbocycles. The number of aromatic amines is 1. The van der Waals surface area contributed by atoms with E-state index in [1.54, 1.807) is 37.3 Å². The summed E-state index contributed by atoms with van der Waals surface area (Å²) in [5.74, 6) is 0.812. The Morgan fingerprint density at radius 3 is 2.47 bits per heavy atom. The number of aryl methyl sites for hydroxylation is 1. The summed E-state index contributed by atoms with van der Waals surface area (Å²) in [5, 5.41) is 12.9. The van der Waals surface area contributed by atoms with E-state index in [-0.39, 0.29) is 18.7 Å². The van der Waals surface area contributed by atoms with Gasteiger partial charge in [-0.15, -0.1) is 0 Å². The van der Waals surface area contributed by atoms with E-state index in [2.05, 4.69) is 10.3 Å². The van der Waals surface area contributed by atoms with Gasteiger partial charge in [-0.1, -0.05) is 6.07 Å². The number of ether oxygens (including phenoxy) is 3. The van der Waals surface area contributed by atoms with Crippen molar-refractivity contribution in [3.05, 3.63) is 62.7 Å². The fourth-order valence-corrected chi connectivity index (χ4v) is 3.24. The van der Waals surface area contributed by atoms with E-state index in [0.717, 1.165) is 0 Å². The van der Waals surface area contributed by atoms with Gasteiger partial charge in [0.25, 0.3) is 5.91 Å². The highest BCUT2D eigenvalue weighted by molar-refractivity contribution is 5.97. The number of carbonyl (C=O) groups excluding carboxylic acids is 1. The van der Waals surface area contributed by atoms with Crippen LogP contribution in [-0.4, -0.2) is 54.0 Å². The summed E-state index contributed by atoms with van der Waals surface area (Å²) in [6, 6.07) is 9.78. The molecule has 1 unspecified atom stereocenters. The fraction of sp³-hybridized carbons (Fsp3) is 0.318. The zero-order chi connectivity index (χ0) is 23.3. The van der Waals surface area contributed by atoms with E-state index < -0.39 is 23.1 Å². The SMILES string of the molecule is CCn1c(=O)c(=O)[nH]c2cc(C(=O)NCC(O)COc3c(OC)cccc3OC)ccc21. The summed E-state index contributed by atoms with van der Waals surface area (Å²) in [7, 11) is 2.99. The van der Waals surface area contributed by atoms with Crippen LogP contribution >= 0.6 is 0 Å². The fourth-order valence-electron chi connectivity index (χ4n) is 3.24. The summed E-state index contributed by atoms with van der Waals surface area (Å²) < 4.78 is 17.5. The number of H-pyrrole nitrogens is 1. The Kier molecular flexibility index (Phi) is 7.16. The molecule has 32 heavy (non-hydrogen) atoms. The molecule has 1 aromatic heterocycles. The molecule has 2 aromatic carbocycles. The number of nitrogens with zero attached hydrogens (tertiary/aromatic N) is 1. The van der Waals surface area contributed by atoms with Crippen molar-refractivity contribution in [3.8, 4) is 17.2 Å². The summed E-state index contributed by atoms with van der Waals surface area (Å²) in [4.78, 5) is 38.8. The average molecular weight is 443 g/mol. The third-order valence-electron chi connectivity index (χ3n) is 4.85. The molecule has 0 bridgehead atoms. The van der Waals surface area contributed by atoms with Crippen LogP contribution < -0.4 is 30.6 Å². The number of aromatic nitrogens is 2. The molecule has 10 nitrogen and oxygen atoms in total. The number of nitrogens with one attached hydrogen (secondary N) is 2. The molecule has 170 valence electrons. The van der Waals surface area contributed by atoms with Crippen LogP contribution in [-0.2, 0) is 6.54 Å². The van der Waals surface area contributed by atoms with Gasteiger partial charge >= 0.3 is 11.1 Å². The molecule has 0 aliphatic heterocycles. The number of amides is 1. The van der Waals surface area contributed by atoms with Crippen molar-refractivity contribution < 1.29 is 24.1 Å². The lowest BCUT2D eigenvalue weighted by molar-refractivity contribution is 0.0834. The van der Waals surface area contributed by atoms with Gasteiger partial charge in [-0.3, -0.25) is 14.4 Å². The van der Waals surface area contributed by atoms with Crippen LogP contribution in [0.2, 0.25) is 0 Å². The highest BCUT2D eigenvalue weighted by Gasteiger charge is 2.16. The van der Waals surface area contributed by atoms with Gasteiger partial charge in [0.05, 0.1) is 25.3 Å². The third kappa shape index (κ3) is 4.75. The van der Waals surface area contributed by atoms with Crippen LogP contribution in [0.4, 0.5) is 0 Å². The molecular weight excluding hydrogens is 418 g/mol. The Labute approximate surface area is 183 Å². The van der Waals surface area contributed by atoms with E-state index in [4.69, 9.17) is 14.2 Å². The summed E-state index contributed by atoms with van der Waals surface area (Å²) in [6.45, 7) is 1.91. The van der Waals surface area contributed by atoms with Crippen LogP contribution in [0.25, 0.3) is 11.0 Å². The monoisotopic (exact) mass is 443 g/mol. The highest BCUT2D eigenvalue weighted by Crippen LogP contribution is 2.36. The quantitative estimate of drug-likeness (QED) is 0.419. The van der Waals surface area contributed by atoms with E-state index in [1.807, 2.05) is 0 Å². The second kappa shape index (κ2) is 10.0. The lowest BCUT2D eigenvalue weighted by Crippen LogP contribution is -2.36. The third-order valence-corrected chi connectivity index (χ3v) is 4.85. The van der Waals surface area contributed by atoms with E-state index in [0.29, 0.717) is 34.8 Å². The van der Waals surface area contributed by atoms with Crippen molar-refractivity contribution in [1.82, 2.24) is 14.9 Å². The molecule has 3 aromatic rings. The number of hydrogen-bond acceptors (Lipinski definition) is 7. The Morgan fingerprint density at radius 2 is 1.84 bits per heavy atom. The molecule has 3 N–H and O–H groups in total. The van der Waals surface area contributed by atoms with Crippen LogP contribution in [0.1, 0.15) is 17.3 Å². The zero-order valence-electron chi connectivity index (χ0n) is 18.0. The van der Waals surface area contributed by atoms with Gasteiger partial charge in [-0.05, 0) is 37.3 Å². The molecule has 0 saturated heterocycles. The van der Waals surface area contributed by atoms with Gasteiger partial charge in [0.2, 0.25) is 5.75 Å². The molecule has 10 heteroatoms. The molecule has 0 radical (unpaired) electrons. The number of methoxy groups -OCH3 is 2. The van der Waals surface area contributed by atoms with Gasteiger partial charge in [0.1, 0.15) is 12.7 Å². The number of aliphatic hydroxyl groups is 1. The van der Waals surface area contributed by atoms with E-state index in [1.165, 1.54) is 24.9 Å². The normalized spacial score (nSPS) is 11.8. The minimum absolute atomic E-state index is 0.0701. The van der Waals surface area contributed by atoms with Gasteiger partial charge in [-0.2, -0.15) is 0 Å². The van der Waals surface area contributed by atoms with E-state index >= 15 is 0 Å². The second-order valence-corrected chi connectivity index (χ2v) is 6.90. The summed E-state index contributed by atoms with van der Waals surface area (Å²) in [5.41, 5.74) is -0.235.